The second-order valence-corrected chi connectivity index (χ2v) is 7.87. The minimum atomic E-state index is -0.344. The Labute approximate surface area is 150 Å². The highest BCUT2D eigenvalue weighted by Crippen LogP contribution is 2.49. The zero-order valence-corrected chi connectivity index (χ0v) is 15.4. The molecule has 0 radical (unpaired) electrons. The molecule has 25 heavy (non-hydrogen) atoms. The number of likely N-dealkylation sites (N-methyl/N-ethyl adjacent to an activating group) is 1. The van der Waals surface area contributed by atoms with E-state index in [1.165, 1.54) is 19.5 Å². The van der Waals surface area contributed by atoms with E-state index in [0.29, 0.717) is 6.04 Å². The minimum absolute atomic E-state index is 0.185. The number of benzene rings is 1. The number of hydrogen-bond donors (Lipinski definition) is 1. The molecule has 0 bridgehead atoms. The number of amides is 1. The summed E-state index contributed by atoms with van der Waals surface area (Å²) in [6.07, 6.45) is 5.34. The molecule has 3 aliphatic rings. The molecule has 1 aromatic carbocycles. The Balaban J connectivity index is 1.50. The lowest BCUT2D eigenvalue weighted by Gasteiger charge is -2.40. The summed E-state index contributed by atoms with van der Waals surface area (Å²) in [6, 6.07) is 6.60. The number of carbonyl (C=O) groups is 1. The van der Waals surface area contributed by atoms with Crippen LogP contribution in [0.15, 0.2) is 18.2 Å². The first-order valence-electron chi connectivity index (χ1n) is 9.55. The average Bonchev–Trinajstić information content (AvgIpc) is 2.77. The van der Waals surface area contributed by atoms with Crippen LogP contribution in [0.2, 0.25) is 0 Å². The summed E-state index contributed by atoms with van der Waals surface area (Å²) >= 11 is 0. The molecule has 1 amide bonds. The van der Waals surface area contributed by atoms with Crippen molar-refractivity contribution in [1.29, 1.82) is 0 Å². The number of hydrogen-bond acceptors (Lipinski definition) is 4. The van der Waals surface area contributed by atoms with E-state index in [4.69, 9.17) is 4.74 Å². The van der Waals surface area contributed by atoms with Crippen molar-refractivity contribution in [3.05, 3.63) is 23.8 Å². The number of nitrogens with zero attached hydrogens (tertiary/aromatic N) is 2. The molecule has 2 fully saturated rings. The molecule has 1 spiro atoms. The van der Waals surface area contributed by atoms with E-state index in [-0.39, 0.29) is 11.3 Å². The highest BCUT2D eigenvalue weighted by atomic mass is 16.5. The first kappa shape index (κ1) is 16.9. The Hall–Kier alpha value is -1.59. The minimum Gasteiger partial charge on any atom is -0.497 e. The molecule has 5 nitrogen and oxygen atoms in total. The Morgan fingerprint density at radius 1 is 1.16 bits per heavy atom. The summed E-state index contributed by atoms with van der Waals surface area (Å²) in [4.78, 5) is 17.9. The topological polar surface area (TPSA) is 44.8 Å². The first-order chi connectivity index (χ1) is 12.1. The predicted molar refractivity (Wildman–Crippen MR) is 99.2 cm³/mol. The number of rotatable bonds is 2. The van der Waals surface area contributed by atoms with Crippen LogP contribution in [-0.4, -0.2) is 62.1 Å². The fraction of sp³-hybridized carbons (Fsp3) is 0.650. The van der Waals surface area contributed by atoms with Gasteiger partial charge >= 0.3 is 0 Å². The largest absolute Gasteiger partial charge is 0.497 e. The number of anilines is 1. The number of methoxy groups -OCH3 is 1. The second kappa shape index (κ2) is 6.61. The molecular weight excluding hydrogens is 314 g/mol. The summed E-state index contributed by atoms with van der Waals surface area (Å²) in [5.41, 5.74) is 1.77. The molecular formula is C20H29N3O2. The highest BCUT2D eigenvalue weighted by molar-refractivity contribution is 6.06. The summed E-state index contributed by atoms with van der Waals surface area (Å²) in [7, 11) is 3.90. The zero-order valence-electron chi connectivity index (χ0n) is 15.4. The number of fused-ring (bicyclic) bond motifs is 2. The van der Waals surface area contributed by atoms with Crippen molar-refractivity contribution in [3.63, 3.8) is 0 Å². The molecule has 136 valence electrons. The van der Waals surface area contributed by atoms with Crippen LogP contribution in [0.1, 0.15) is 37.7 Å². The molecule has 1 aliphatic carbocycles. The van der Waals surface area contributed by atoms with Gasteiger partial charge in [0, 0.05) is 24.8 Å². The lowest BCUT2D eigenvalue weighted by atomic mass is 9.68. The Kier molecular flexibility index (Phi) is 4.46. The maximum absolute atomic E-state index is 12.8. The van der Waals surface area contributed by atoms with Crippen LogP contribution in [0, 0.1) is 0 Å². The zero-order chi connectivity index (χ0) is 17.4. The van der Waals surface area contributed by atoms with E-state index < -0.39 is 0 Å². The van der Waals surface area contributed by atoms with Gasteiger partial charge in [0.05, 0.1) is 12.5 Å². The number of ether oxygens (including phenoxy) is 1. The van der Waals surface area contributed by atoms with Crippen molar-refractivity contribution < 1.29 is 9.53 Å². The van der Waals surface area contributed by atoms with Gasteiger partial charge in [-0.3, -0.25) is 9.69 Å². The fourth-order valence-corrected chi connectivity index (χ4v) is 4.91. The fourth-order valence-electron chi connectivity index (χ4n) is 4.91. The van der Waals surface area contributed by atoms with Gasteiger partial charge in [-0.25, -0.2) is 0 Å². The van der Waals surface area contributed by atoms with Crippen LogP contribution in [0.5, 0.6) is 5.75 Å². The van der Waals surface area contributed by atoms with Crippen LogP contribution in [0.25, 0.3) is 0 Å². The lowest BCUT2D eigenvalue weighted by Crippen LogP contribution is -2.46. The van der Waals surface area contributed by atoms with Crippen molar-refractivity contribution in [2.24, 2.45) is 0 Å². The van der Waals surface area contributed by atoms with E-state index in [1.807, 2.05) is 12.1 Å². The van der Waals surface area contributed by atoms with Gasteiger partial charge in [-0.05, 0) is 76.0 Å². The third kappa shape index (κ3) is 2.93. The van der Waals surface area contributed by atoms with Crippen molar-refractivity contribution in [3.8, 4) is 5.75 Å². The molecule has 0 aromatic heterocycles. The van der Waals surface area contributed by atoms with Gasteiger partial charge in [0.2, 0.25) is 5.91 Å². The molecule has 1 saturated heterocycles. The summed E-state index contributed by atoms with van der Waals surface area (Å²) in [6.45, 7) is 4.70. The molecule has 0 atom stereocenters. The van der Waals surface area contributed by atoms with Gasteiger partial charge in [-0.15, -0.1) is 0 Å². The molecule has 1 N–H and O–H groups in total. The maximum Gasteiger partial charge on any atom is 0.235 e. The van der Waals surface area contributed by atoms with Crippen LogP contribution < -0.4 is 10.1 Å². The van der Waals surface area contributed by atoms with Gasteiger partial charge in [0.1, 0.15) is 5.75 Å². The quantitative estimate of drug-likeness (QED) is 0.896. The smallest absolute Gasteiger partial charge is 0.235 e. The summed E-state index contributed by atoms with van der Waals surface area (Å²) in [5.74, 6) is 1.03. The maximum atomic E-state index is 12.8. The predicted octanol–water partition coefficient (Wildman–Crippen LogP) is 2.47. The van der Waals surface area contributed by atoms with Crippen molar-refractivity contribution in [2.45, 2.75) is 43.6 Å². The molecule has 4 rings (SSSR count). The summed E-state index contributed by atoms with van der Waals surface area (Å²) < 4.78 is 5.40. The van der Waals surface area contributed by atoms with E-state index in [9.17, 15) is 4.79 Å². The molecule has 2 heterocycles. The number of nitrogens with one attached hydrogen (secondary N) is 1. The van der Waals surface area contributed by atoms with Gasteiger partial charge in [0.25, 0.3) is 0 Å². The SMILES string of the molecule is COc1ccc2c(c1)C1(CCC(N3CCCN(C)CC3)CC1)C(=O)N2. The van der Waals surface area contributed by atoms with E-state index >= 15 is 0 Å². The lowest BCUT2D eigenvalue weighted by molar-refractivity contribution is -0.122. The van der Waals surface area contributed by atoms with Gasteiger partial charge < -0.3 is 15.0 Å². The van der Waals surface area contributed by atoms with E-state index in [2.05, 4.69) is 28.2 Å². The number of carbonyl (C=O) groups excluding carboxylic acids is 1. The molecule has 1 saturated carbocycles. The standard InChI is InChI=1S/C20H29N3O2/c1-22-10-3-11-23(13-12-22)15-6-8-20(9-7-15)17-14-16(25-2)4-5-18(17)21-19(20)24/h4-5,14-15H,3,6-13H2,1-2H3,(H,21,24). The summed E-state index contributed by atoms with van der Waals surface area (Å²) in [5, 5.41) is 3.10. The molecule has 1 aromatic rings. The highest BCUT2D eigenvalue weighted by Gasteiger charge is 2.49. The van der Waals surface area contributed by atoms with Crippen LogP contribution in [-0.2, 0) is 10.2 Å². The Morgan fingerprint density at radius 3 is 2.72 bits per heavy atom. The second-order valence-electron chi connectivity index (χ2n) is 7.87. The Morgan fingerprint density at radius 2 is 1.96 bits per heavy atom. The van der Waals surface area contributed by atoms with Gasteiger partial charge in [-0.2, -0.15) is 0 Å². The normalized spacial score (nSPS) is 30.8. The van der Waals surface area contributed by atoms with Crippen molar-refractivity contribution in [1.82, 2.24) is 9.80 Å². The third-order valence-electron chi connectivity index (χ3n) is 6.50. The third-order valence-corrected chi connectivity index (χ3v) is 6.50. The van der Waals surface area contributed by atoms with Gasteiger partial charge in [0.15, 0.2) is 0 Å². The van der Waals surface area contributed by atoms with Crippen LogP contribution in [0.3, 0.4) is 0 Å². The van der Waals surface area contributed by atoms with E-state index in [1.54, 1.807) is 7.11 Å². The molecule has 5 heteroatoms. The first-order valence-corrected chi connectivity index (χ1v) is 9.55. The average molecular weight is 343 g/mol. The Bertz CT molecular complexity index is 652. The van der Waals surface area contributed by atoms with Crippen molar-refractivity contribution in [2.75, 3.05) is 45.7 Å². The van der Waals surface area contributed by atoms with Crippen molar-refractivity contribution >= 4 is 11.6 Å². The molecule has 0 unspecified atom stereocenters. The van der Waals surface area contributed by atoms with Crippen LogP contribution in [0.4, 0.5) is 5.69 Å². The van der Waals surface area contributed by atoms with Gasteiger partial charge in [-0.1, -0.05) is 0 Å². The monoisotopic (exact) mass is 343 g/mol. The van der Waals surface area contributed by atoms with E-state index in [0.717, 1.165) is 55.8 Å². The molecule has 2 aliphatic heterocycles. The van der Waals surface area contributed by atoms with Crippen LogP contribution >= 0.6 is 0 Å².